The van der Waals surface area contributed by atoms with Crippen molar-refractivity contribution in [2.24, 2.45) is 5.92 Å². The largest absolute Gasteiger partial charge is 0.335 e. The van der Waals surface area contributed by atoms with Gasteiger partial charge in [-0.2, -0.15) is 0 Å². The lowest BCUT2D eigenvalue weighted by atomic mass is 9.97. The molecule has 2 amide bonds. The quantitative estimate of drug-likeness (QED) is 0.827. The SMILES string of the molecule is CCCCC1CCCC1NC(=O)NCc1nccc2ccccc12. The van der Waals surface area contributed by atoms with E-state index in [9.17, 15) is 4.79 Å². The van der Waals surface area contributed by atoms with Crippen LogP contribution in [0.5, 0.6) is 0 Å². The Morgan fingerprint density at radius 1 is 1.25 bits per heavy atom. The third-order valence-corrected chi connectivity index (χ3v) is 5.08. The van der Waals surface area contributed by atoms with Crippen LogP contribution in [0.15, 0.2) is 36.5 Å². The second-order valence-electron chi connectivity index (χ2n) is 6.75. The molecule has 4 heteroatoms. The number of unbranched alkanes of at least 4 members (excludes halogenated alkanes) is 1. The zero-order valence-electron chi connectivity index (χ0n) is 14.4. The normalized spacial score (nSPS) is 20.2. The van der Waals surface area contributed by atoms with Crippen LogP contribution in [0.4, 0.5) is 4.79 Å². The predicted molar refractivity (Wildman–Crippen MR) is 97.8 cm³/mol. The number of hydrogen-bond donors (Lipinski definition) is 2. The van der Waals surface area contributed by atoms with Gasteiger partial charge in [-0.3, -0.25) is 4.98 Å². The van der Waals surface area contributed by atoms with Gasteiger partial charge in [0.2, 0.25) is 0 Å². The molecule has 4 nitrogen and oxygen atoms in total. The monoisotopic (exact) mass is 325 g/mol. The summed E-state index contributed by atoms with van der Waals surface area (Å²) in [5.41, 5.74) is 0.914. The molecular weight excluding hydrogens is 298 g/mol. The van der Waals surface area contributed by atoms with Gasteiger partial charge in [0.25, 0.3) is 0 Å². The molecule has 0 radical (unpaired) electrons. The molecule has 0 spiro atoms. The molecule has 3 rings (SSSR count). The van der Waals surface area contributed by atoms with Crippen molar-refractivity contribution in [3.63, 3.8) is 0 Å². The molecule has 1 aromatic carbocycles. The number of amides is 2. The van der Waals surface area contributed by atoms with Crippen LogP contribution < -0.4 is 10.6 Å². The smallest absolute Gasteiger partial charge is 0.315 e. The maximum atomic E-state index is 12.3. The van der Waals surface area contributed by atoms with E-state index in [-0.39, 0.29) is 6.03 Å². The van der Waals surface area contributed by atoms with Gasteiger partial charge in [0.05, 0.1) is 12.2 Å². The number of fused-ring (bicyclic) bond motifs is 1. The standard InChI is InChI=1S/C20H27N3O/c1-2-3-7-16-9-6-11-18(16)23-20(24)22-14-19-17-10-5-4-8-15(17)12-13-21-19/h4-5,8,10,12-13,16,18H,2-3,6-7,9,11,14H2,1H3,(H2,22,23,24). The number of nitrogens with zero attached hydrogens (tertiary/aromatic N) is 1. The van der Waals surface area contributed by atoms with Gasteiger partial charge in [-0.1, -0.05) is 50.5 Å². The molecule has 1 saturated carbocycles. The Labute approximate surface area is 144 Å². The van der Waals surface area contributed by atoms with E-state index in [1.54, 1.807) is 6.20 Å². The van der Waals surface area contributed by atoms with Gasteiger partial charge < -0.3 is 10.6 Å². The summed E-state index contributed by atoms with van der Waals surface area (Å²) < 4.78 is 0. The van der Waals surface area contributed by atoms with Crippen molar-refractivity contribution in [1.82, 2.24) is 15.6 Å². The van der Waals surface area contributed by atoms with E-state index in [4.69, 9.17) is 0 Å². The molecule has 2 atom stereocenters. The third-order valence-electron chi connectivity index (χ3n) is 5.08. The van der Waals surface area contributed by atoms with Crippen LogP contribution in [0.3, 0.4) is 0 Å². The van der Waals surface area contributed by atoms with E-state index >= 15 is 0 Å². The van der Waals surface area contributed by atoms with Crippen molar-refractivity contribution in [1.29, 1.82) is 0 Å². The van der Waals surface area contributed by atoms with Gasteiger partial charge in [-0.25, -0.2) is 4.79 Å². The molecule has 1 heterocycles. The van der Waals surface area contributed by atoms with Gasteiger partial charge in [0.1, 0.15) is 0 Å². The van der Waals surface area contributed by atoms with Gasteiger partial charge in [-0.15, -0.1) is 0 Å². The fraction of sp³-hybridized carbons (Fsp3) is 0.500. The molecule has 2 unspecified atom stereocenters. The molecular formula is C20H27N3O. The number of aromatic nitrogens is 1. The Morgan fingerprint density at radius 3 is 3.00 bits per heavy atom. The van der Waals surface area contributed by atoms with Crippen molar-refractivity contribution in [2.75, 3.05) is 0 Å². The zero-order chi connectivity index (χ0) is 16.8. The number of hydrogen-bond acceptors (Lipinski definition) is 2. The Kier molecular flexibility index (Phi) is 5.68. The minimum Gasteiger partial charge on any atom is -0.335 e. The molecule has 1 aliphatic carbocycles. The van der Waals surface area contributed by atoms with Gasteiger partial charge in [0.15, 0.2) is 0 Å². The average Bonchev–Trinajstić information content (AvgIpc) is 3.05. The van der Waals surface area contributed by atoms with Crippen LogP contribution in [0.1, 0.15) is 51.1 Å². The molecule has 2 aromatic rings. The molecule has 0 saturated heterocycles. The number of rotatable bonds is 6. The Balaban J connectivity index is 1.55. The van der Waals surface area contributed by atoms with Crippen LogP contribution in [-0.4, -0.2) is 17.1 Å². The number of urea groups is 1. The molecule has 1 aliphatic rings. The van der Waals surface area contributed by atoms with E-state index in [1.807, 2.05) is 18.2 Å². The molecule has 0 bridgehead atoms. The highest BCUT2D eigenvalue weighted by Gasteiger charge is 2.27. The van der Waals surface area contributed by atoms with E-state index in [1.165, 1.54) is 32.1 Å². The van der Waals surface area contributed by atoms with Crippen molar-refractivity contribution < 1.29 is 4.79 Å². The van der Waals surface area contributed by atoms with Crippen LogP contribution in [0.25, 0.3) is 10.8 Å². The van der Waals surface area contributed by atoms with Gasteiger partial charge in [0, 0.05) is 17.6 Å². The summed E-state index contributed by atoms with van der Waals surface area (Å²) in [6.45, 7) is 2.68. The van der Waals surface area contributed by atoms with Gasteiger partial charge >= 0.3 is 6.03 Å². The first-order valence-corrected chi connectivity index (χ1v) is 9.15. The van der Waals surface area contributed by atoms with E-state index in [0.29, 0.717) is 18.5 Å². The molecule has 1 aromatic heterocycles. The van der Waals surface area contributed by atoms with Crippen molar-refractivity contribution >= 4 is 16.8 Å². The first kappa shape index (κ1) is 16.7. The molecule has 24 heavy (non-hydrogen) atoms. The summed E-state index contributed by atoms with van der Waals surface area (Å²) >= 11 is 0. The lowest BCUT2D eigenvalue weighted by molar-refractivity contribution is 0.232. The number of carbonyl (C=O) groups is 1. The second-order valence-corrected chi connectivity index (χ2v) is 6.75. The average molecular weight is 325 g/mol. The Hall–Kier alpha value is -2.10. The lowest BCUT2D eigenvalue weighted by Gasteiger charge is -2.21. The minimum atomic E-state index is -0.0712. The first-order chi connectivity index (χ1) is 11.8. The highest BCUT2D eigenvalue weighted by Crippen LogP contribution is 2.29. The van der Waals surface area contributed by atoms with Crippen LogP contribution in [0, 0.1) is 5.92 Å². The minimum absolute atomic E-state index is 0.0712. The van der Waals surface area contributed by atoms with Crippen LogP contribution in [-0.2, 0) is 6.54 Å². The number of nitrogens with one attached hydrogen (secondary N) is 2. The van der Waals surface area contributed by atoms with E-state index < -0.39 is 0 Å². The molecule has 128 valence electrons. The topological polar surface area (TPSA) is 54.0 Å². The van der Waals surface area contributed by atoms with Gasteiger partial charge in [-0.05, 0) is 36.6 Å². The zero-order valence-corrected chi connectivity index (χ0v) is 14.4. The fourth-order valence-electron chi connectivity index (χ4n) is 3.75. The van der Waals surface area contributed by atoms with Crippen molar-refractivity contribution in [3.05, 3.63) is 42.2 Å². The molecule has 1 fully saturated rings. The molecule has 0 aliphatic heterocycles. The lowest BCUT2D eigenvalue weighted by Crippen LogP contribution is -2.43. The van der Waals surface area contributed by atoms with Crippen molar-refractivity contribution in [2.45, 2.75) is 58.0 Å². The van der Waals surface area contributed by atoms with E-state index in [0.717, 1.165) is 22.9 Å². The number of benzene rings is 1. The summed E-state index contributed by atoms with van der Waals surface area (Å²) in [4.78, 5) is 16.7. The summed E-state index contributed by atoms with van der Waals surface area (Å²) in [6, 6.07) is 10.4. The van der Waals surface area contributed by atoms with Crippen LogP contribution >= 0.6 is 0 Å². The third kappa shape index (κ3) is 4.05. The summed E-state index contributed by atoms with van der Waals surface area (Å²) in [5.74, 6) is 0.645. The maximum absolute atomic E-state index is 12.3. The fourth-order valence-corrected chi connectivity index (χ4v) is 3.75. The summed E-state index contributed by atoms with van der Waals surface area (Å²) in [7, 11) is 0. The number of carbonyl (C=O) groups excluding carboxylic acids is 1. The van der Waals surface area contributed by atoms with Crippen molar-refractivity contribution in [3.8, 4) is 0 Å². The first-order valence-electron chi connectivity index (χ1n) is 9.15. The highest BCUT2D eigenvalue weighted by molar-refractivity contribution is 5.84. The Bertz CT molecular complexity index is 680. The Morgan fingerprint density at radius 2 is 2.12 bits per heavy atom. The second kappa shape index (κ2) is 8.13. The summed E-state index contributed by atoms with van der Waals surface area (Å²) in [6.07, 6.45) is 9.09. The highest BCUT2D eigenvalue weighted by atomic mass is 16.2. The maximum Gasteiger partial charge on any atom is 0.315 e. The van der Waals surface area contributed by atoms with Crippen LogP contribution in [0.2, 0.25) is 0 Å². The summed E-state index contributed by atoms with van der Waals surface area (Å²) in [5, 5.41) is 8.41. The van der Waals surface area contributed by atoms with E-state index in [2.05, 4.69) is 34.7 Å². The number of pyridine rings is 1. The predicted octanol–water partition coefficient (Wildman–Crippen LogP) is 4.39. The molecule has 2 N–H and O–H groups in total.